The number of fused-ring (bicyclic) bond motifs is 1. The van der Waals surface area contributed by atoms with E-state index >= 15 is 0 Å². The van der Waals surface area contributed by atoms with Crippen molar-refractivity contribution in [3.05, 3.63) is 78.0 Å². The van der Waals surface area contributed by atoms with Crippen LogP contribution in [0.1, 0.15) is 31.0 Å². The Morgan fingerprint density at radius 2 is 1.64 bits per heavy atom. The van der Waals surface area contributed by atoms with Gasteiger partial charge in [-0.2, -0.15) is 0 Å². The van der Waals surface area contributed by atoms with E-state index in [1.54, 1.807) is 0 Å². The van der Waals surface area contributed by atoms with Gasteiger partial charge in [0.1, 0.15) is 11.5 Å². The van der Waals surface area contributed by atoms with Crippen molar-refractivity contribution in [1.82, 2.24) is 24.8 Å². The van der Waals surface area contributed by atoms with Crippen molar-refractivity contribution >= 4 is 16.9 Å². The Labute approximate surface area is 195 Å². The second-order valence-corrected chi connectivity index (χ2v) is 8.82. The van der Waals surface area contributed by atoms with Gasteiger partial charge in [-0.05, 0) is 30.7 Å². The van der Waals surface area contributed by atoms with Gasteiger partial charge in [-0.3, -0.25) is 4.90 Å². The monoisotopic (exact) mass is 440 g/mol. The van der Waals surface area contributed by atoms with Crippen molar-refractivity contribution in [1.29, 1.82) is 0 Å². The van der Waals surface area contributed by atoms with E-state index in [1.807, 2.05) is 18.3 Å². The Hall–Kier alpha value is -3.22. The average Bonchev–Trinajstić information content (AvgIpc) is 3.35. The van der Waals surface area contributed by atoms with E-state index in [-0.39, 0.29) is 6.04 Å². The molecule has 1 saturated heterocycles. The molecule has 1 atom stereocenters. The number of rotatable bonds is 7. The zero-order chi connectivity index (χ0) is 22.6. The lowest BCUT2D eigenvalue weighted by atomic mass is 10.1. The van der Waals surface area contributed by atoms with Crippen molar-refractivity contribution in [2.75, 3.05) is 38.0 Å². The number of aromatic amines is 1. The number of anilines is 1. The molecule has 5 rings (SSSR count). The van der Waals surface area contributed by atoms with E-state index in [1.165, 1.54) is 11.1 Å². The number of benzene rings is 2. The number of nitrogens with zero attached hydrogens (tertiary/aromatic N) is 4. The second-order valence-electron chi connectivity index (χ2n) is 8.82. The molecule has 1 aliphatic heterocycles. The molecule has 0 amide bonds. The van der Waals surface area contributed by atoms with Crippen LogP contribution in [0.25, 0.3) is 22.4 Å². The van der Waals surface area contributed by atoms with Crippen LogP contribution < -0.4 is 5.32 Å². The van der Waals surface area contributed by atoms with Crippen LogP contribution in [-0.4, -0.2) is 57.5 Å². The third kappa shape index (κ3) is 4.92. The summed E-state index contributed by atoms with van der Waals surface area (Å²) in [6, 6.07) is 21.3. The average molecular weight is 441 g/mol. The molecule has 2 aromatic heterocycles. The molecule has 0 saturated carbocycles. The number of likely N-dealkylation sites (N-methyl/N-ethyl adjacent to an activating group) is 1. The van der Waals surface area contributed by atoms with Crippen molar-refractivity contribution in [2.24, 2.45) is 0 Å². The van der Waals surface area contributed by atoms with Gasteiger partial charge in [0.15, 0.2) is 5.82 Å². The molecule has 6 heteroatoms. The second kappa shape index (κ2) is 9.73. The number of H-pyrrole nitrogens is 1. The molecular formula is C27H32N6. The minimum Gasteiger partial charge on any atom is -0.363 e. The normalized spacial score (nSPS) is 16.2. The quantitative estimate of drug-likeness (QED) is 0.426. The molecule has 1 aliphatic rings. The molecule has 0 unspecified atom stereocenters. The Bertz CT molecular complexity index is 1180. The van der Waals surface area contributed by atoms with Gasteiger partial charge in [0.25, 0.3) is 0 Å². The topological polar surface area (TPSA) is 60.1 Å². The summed E-state index contributed by atoms with van der Waals surface area (Å²) in [6.07, 6.45) is 1.92. The smallest absolute Gasteiger partial charge is 0.163 e. The zero-order valence-corrected chi connectivity index (χ0v) is 19.5. The maximum atomic E-state index is 4.91. The van der Waals surface area contributed by atoms with Crippen molar-refractivity contribution < 1.29 is 0 Å². The van der Waals surface area contributed by atoms with E-state index in [9.17, 15) is 0 Å². The van der Waals surface area contributed by atoms with Crippen molar-refractivity contribution in [3.63, 3.8) is 0 Å². The van der Waals surface area contributed by atoms with Crippen LogP contribution in [-0.2, 0) is 6.54 Å². The minimum atomic E-state index is 0.141. The van der Waals surface area contributed by atoms with Crippen LogP contribution in [0.15, 0.2) is 66.9 Å². The summed E-state index contributed by atoms with van der Waals surface area (Å²) in [4.78, 5) is 18.0. The van der Waals surface area contributed by atoms with E-state index in [0.29, 0.717) is 0 Å². The first-order chi connectivity index (χ1) is 16.2. The highest BCUT2D eigenvalue weighted by Crippen LogP contribution is 2.27. The molecule has 0 aliphatic carbocycles. The summed E-state index contributed by atoms with van der Waals surface area (Å²) < 4.78 is 0. The van der Waals surface area contributed by atoms with E-state index in [2.05, 4.69) is 82.5 Å². The fourth-order valence-electron chi connectivity index (χ4n) is 4.49. The molecule has 0 radical (unpaired) electrons. The number of piperazine rings is 1. The largest absolute Gasteiger partial charge is 0.363 e. The summed E-state index contributed by atoms with van der Waals surface area (Å²) in [7, 11) is 0. The first-order valence-corrected chi connectivity index (χ1v) is 11.9. The lowest BCUT2D eigenvalue weighted by Crippen LogP contribution is -2.45. The van der Waals surface area contributed by atoms with Gasteiger partial charge in [-0.1, -0.05) is 61.5 Å². The third-order valence-electron chi connectivity index (χ3n) is 6.60. The first kappa shape index (κ1) is 21.6. The summed E-state index contributed by atoms with van der Waals surface area (Å²) in [5.74, 6) is 1.58. The molecule has 1 fully saturated rings. The predicted molar refractivity (Wildman–Crippen MR) is 135 cm³/mol. The van der Waals surface area contributed by atoms with Gasteiger partial charge in [-0.25, -0.2) is 9.97 Å². The molecule has 33 heavy (non-hydrogen) atoms. The Balaban J connectivity index is 1.34. The fourth-order valence-corrected chi connectivity index (χ4v) is 4.49. The molecule has 4 aromatic rings. The van der Waals surface area contributed by atoms with Crippen LogP contribution in [0.2, 0.25) is 0 Å². The zero-order valence-electron chi connectivity index (χ0n) is 19.5. The van der Waals surface area contributed by atoms with Crippen LogP contribution in [0, 0.1) is 0 Å². The molecule has 2 aromatic carbocycles. The van der Waals surface area contributed by atoms with Gasteiger partial charge < -0.3 is 15.2 Å². The third-order valence-corrected chi connectivity index (χ3v) is 6.60. The summed E-state index contributed by atoms with van der Waals surface area (Å²) in [5.41, 5.74) is 4.44. The van der Waals surface area contributed by atoms with Crippen LogP contribution in [0.5, 0.6) is 0 Å². The minimum absolute atomic E-state index is 0.141. The Kier molecular flexibility index (Phi) is 6.37. The standard InChI is InChI=1S/C27H32N6/c1-3-32-15-17-33(18-16-32)19-21-9-11-23(12-10-21)25-30-26-24(13-14-28-26)27(31-25)29-20(2)22-7-5-4-6-8-22/h4-14,20H,3,15-19H2,1-2H3,(H2,28,29,30,31)/t20-/m1/s1. The molecule has 0 bridgehead atoms. The molecule has 2 N–H and O–H groups in total. The summed E-state index contributed by atoms with van der Waals surface area (Å²) in [5, 5.41) is 4.59. The van der Waals surface area contributed by atoms with Gasteiger partial charge >= 0.3 is 0 Å². The van der Waals surface area contributed by atoms with Crippen LogP contribution in [0.3, 0.4) is 0 Å². The number of aromatic nitrogens is 3. The van der Waals surface area contributed by atoms with E-state index in [0.717, 1.165) is 67.5 Å². The highest BCUT2D eigenvalue weighted by atomic mass is 15.3. The lowest BCUT2D eigenvalue weighted by molar-refractivity contribution is 0.132. The fraction of sp³-hybridized carbons (Fsp3) is 0.333. The van der Waals surface area contributed by atoms with E-state index in [4.69, 9.17) is 9.97 Å². The molecular weight excluding hydrogens is 408 g/mol. The van der Waals surface area contributed by atoms with Gasteiger partial charge in [0.05, 0.1) is 5.39 Å². The lowest BCUT2D eigenvalue weighted by Gasteiger charge is -2.34. The number of hydrogen-bond donors (Lipinski definition) is 2. The van der Waals surface area contributed by atoms with Gasteiger partial charge in [-0.15, -0.1) is 0 Å². The molecule has 170 valence electrons. The summed E-state index contributed by atoms with van der Waals surface area (Å²) in [6.45, 7) is 11.1. The van der Waals surface area contributed by atoms with Gasteiger partial charge in [0.2, 0.25) is 0 Å². The maximum absolute atomic E-state index is 4.91. The van der Waals surface area contributed by atoms with Crippen molar-refractivity contribution in [2.45, 2.75) is 26.4 Å². The van der Waals surface area contributed by atoms with E-state index < -0.39 is 0 Å². The van der Waals surface area contributed by atoms with Crippen molar-refractivity contribution in [3.8, 4) is 11.4 Å². The highest BCUT2D eigenvalue weighted by molar-refractivity contribution is 5.88. The predicted octanol–water partition coefficient (Wildman–Crippen LogP) is 4.94. The first-order valence-electron chi connectivity index (χ1n) is 11.9. The molecule has 0 spiro atoms. The number of nitrogens with one attached hydrogen (secondary N) is 2. The summed E-state index contributed by atoms with van der Waals surface area (Å²) >= 11 is 0. The Morgan fingerprint density at radius 1 is 0.909 bits per heavy atom. The van der Waals surface area contributed by atoms with Crippen LogP contribution in [0.4, 0.5) is 5.82 Å². The SMILES string of the molecule is CCN1CCN(Cc2ccc(-c3nc(N[C@H](C)c4ccccc4)c4cc[nH]c4n3)cc2)CC1. The maximum Gasteiger partial charge on any atom is 0.163 e. The molecule has 6 nitrogen and oxygen atoms in total. The highest BCUT2D eigenvalue weighted by Gasteiger charge is 2.16. The van der Waals surface area contributed by atoms with Gasteiger partial charge in [0, 0.05) is 50.5 Å². The van der Waals surface area contributed by atoms with Crippen LogP contribution >= 0.6 is 0 Å². The molecule has 3 heterocycles. The Morgan fingerprint density at radius 3 is 2.36 bits per heavy atom. The number of hydrogen-bond acceptors (Lipinski definition) is 5.